The molecule has 0 saturated heterocycles. The summed E-state index contributed by atoms with van der Waals surface area (Å²) in [7, 11) is -8.63. The predicted octanol–water partition coefficient (Wildman–Crippen LogP) is 7.82. The zero-order chi connectivity index (χ0) is 42.4. The Bertz CT molecular complexity index is 1450. The van der Waals surface area contributed by atoms with Gasteiger partial charge in [0.2, 0.25) is 0 Å². The van der Waals surface area contributed by atoms with E-state index in [2.05, 4.69) is 62.3 Å². The molecule has 0 unspecified atom stereocenters. The van der Waals surface area contributed by atoms with Crippen LogP contribution in [0.3, 0.4) is 0 Å². The van der Waals surface area contributed by atoms with Crippen molar-refractivity contribution in [1.82, 2.24) is 0 Å². The summed E-state index contributed by atoms with van der Waals surface area (Å²) in [6, 6.07) is 17.1. The minimum Gasteiger partial charge on any atom is -0.810 e. The smallest absolute Gasteiger partial charge is 0.810 e. The average Bonchev–Trinajstić information content (AvgIpc) is 2.94. The standard InChI is InChI=1S/3C14H21O3P.2Ru/c3*1-13(2,3)10-7-8-12(17-18(15)16)11(9-10)14(4,5)6;;/h3*7-9H,1-6H3;;/q3*-2;2*+3. The molecular formula is C42H63O9P3Ru2. The van der Waals surface area contributed by atoms with E-state index >= 15 is 0 Å². The fourth-order valence-electron chi connectivity index (χ4n) is 5.23. The average molecular weight is 1010 g/mol. The maximum Gasteiger partial charge on any atom is 3.00 e. The van der Waals surface area contributed by atoms with Gasteiger partial charge in [-0.25, -0.2) is 0 Å². The topological polar surface area (TPSA) is 166 Å². The summed E-state index contributed by atoms with van der Waals surface area (Å²) in [4.78, 5) is 64.5. The molecular weight excluding hydrogens is 944 g/mol. The SMILES string of the molecule is CC(C)(C)c1ccc(OP([O-])[O-])c(C(C)(C)C)c1.CC(C)(C)c1ccc(OP([O-])[O-])c(C(C)(C)C)c1.CC(C)(C)c1ccc(OP([O-])[O-])c(C(C)(C)C)c1.[Ru+3].[Ru+3]. The summed E-state index contributed by atoms with van der Waals surface area (Å²) < 4.78 is 14.7. The second-order valence-electron chi connectivity index (χ2n) is 19.6. The Morgan fingerprint density at radius 2 is 0.500 bits per heavy atom. The van der Waals surface area contributed by atoms with Gasteiger partial charge in [-0.3, -0.25) is 0 Å². The van der Waals surface area contributed by atoms with Gasteiger partial charge in [-0.15, -0.1) is 0 Å². The maximum atomic E-state index is 10.7. The van der Waals surface area contributed by atoms with Crippen LogP contribution in [-0.2, 0) is 71.4 Å². The summed E-state index contributed by atoms with van der Waals surface area (Å²) in [6.45, 7) is 37.5. The maximum absolute atomic E-state index is 10.7. The first-order chi connectivity index (χ1) is 24.0. The molecule has 2 radical (unpaired) electrons. The van der Waals surface area contributed by atoms with E-state index in [1.807, 2.05) is 98.7 Å². The van der Waals surface area contributed by atoms with Crippen LogP contribution in [0.15, 0.2) is 54.6 Å². The van der Waals surface area contributed by atoms with Crippen molar-refractivity contribution in [3.8, 4) is 17.2 Å². The van der Waals surface area contributed by atoms with Crippen molar-refractivity contribution in [3.63, 3.8) is 0 Å². The second kappa shape index (κ2) is 22.3. The first kappa shape index (κ1) is 57.5. The molecule has 56 heavy (non-hydrogen) atoms. The molecule has 3 aromatic carbocycles. The quantitative estimate of drug-likeness (QED) is 0.177. The summed E-state index contributed by atoms with van der Waals surface area (Å²) >= 11 is 0. The number of benzene rings is 3. The number of rotatable bonds is 6. The van der Waals surface area contributed by atoms with Gasteiger partial charge in [-0.1, -0.05) is 187 Å². The Morgan fingerprint density at radius 3 is 0.625 bits per heavy atom. The second-order valence-corrected chi connectivity index (χ2v) is 21.5. The van der Waals surface area contributed by atoms with Crippen LogP contribution in [0.4, 0.5) is 0 Å². The number of hydrogen-bond donors (Lipinski definition) is 0. The van der Waals surface area contributed by atoms with Crippen LogP contribution in [0.5, 0.6) is 17.2 Å². The molecule has 0 heterocycles. The molecule has 0 atom stereocenters. The zero-order valence-corrected chi connectivity index (χ0v) is 42.6. The van der Waals surface area contributed by atoms with Crippen molar-refractivity contribution < 1.29 is 81.9 Å². The van der Waals surface area contributed by atoms with E-state index in [4.69, 9.17) is 13.6 Å². The molecule has 0 fully saturated rings. The van der Waals surface area contributed by atoms with Gasteiger partial charge in [0.15, 0.2) is 0 Å². The monoisotopic (exact) mass is 1010 g/mol. The van der Waals surface area contributed by atoms with Crippen LogP contribution in [0.1, 0.15) is 158 Å². The Morgan fingerprint density at radius 1 is 0.321 bits per heavy atom. The van der Waals surface area contributed by atoms with Gasteiger partial charge in [0.1, 0.15) is 17.2 Å². The van der Waals surface area contributed by atoms with Crippen molar-refractivity contribution in [1.29, 1.82) is 0 Å². The first-order valence-electron chi connectivity index (χ1n) is 18.0. The predicted molar refractivity (Wildman–Crippen MR) is 214 cm³/mol. The van der Waals surface area contributed by atoms with E-state index in [-0.39, 0.29) is 71.4 Å². The first-order valence-corrected chi connectivity index (χ1v) is 21.3. The third-order valence-corrected chi connectivity index (χ3v) is 9.52. The summed E-state index contributed by atoms with van der Waals surface area (Å²) in [5, 5.41) is 0. The molecule has 0 N–H and O–H groups in total. The molecule has 0 aliphatic rings. The van der Waals surface area contributed by atoms with Crippen LogP contribution in [0.2, 0.25) is 0 Å². The van der Waals surface area contributed by atoms with Crippen molar-refractivity contribution in [2.75, 3.05) is 0 Å². The number of hydrogen-bond acceptors (Lipinski definition) is 9. The summed E-state index contributed by atoms with van der Waals surface area (Å²) in [6.07, 6.45) is 0. The summed E-state index contributed by atoms with van der Waals surface area (Å²) in [5.74, 6) is 1.27. The molecule has 0 amide bonds. The van der Waals surface area contributed by atoms with Crippen molar-refractivity contribution in [2.45, 2.75) is 157 Å². The van der Waals surface area contributed by atoms with Gasteiger partial charge >= 0.3 is 39.0 Å². The van der Waals surface area contributed by atoms with Gasteiger partial charge in [-0.2, -0.15) is 0 Å². The molecule has 3 aromatic rings. The van der Waals surface area contributed by atoms with Gasteiger partial charge in [-0.05, 0) is 84.1 Å². The third kappa shape index (κ3) is 19.6. The van der Waals surface area contributed by atoms with Crippen LogP contribution in [0.25, 0.3) is 0 Å². The zero-order valence-electron chi connectivity index (χ0n) is 36.4. The van der Waals surface area contributed by atoms with Gasteiger partial charge in [0.25, 0.3) is 0 Å². The van der Waals surface area contributed by atoms with E-state index < -0.39 is 25.8 Å². The fourth-order valence-corrected chi connectivity index (χ4v) is 6.19. The third-order valence-electron chi connectivity index (χ3n) is 8.48. The molecule has 0 spiro atoms. The largest absolute Gasteiger partial charge is 3.00 e. The molecule has 3 rings (SSSR count). The summed E-state index contributed by atoms with van der Waals surface area (Å²) in [5.41, 5.74) is 5.82. The van der Waals surface area contributed by atoms with E-state index in [1.54, 1.807) is 18.2 Å². The van der Waals surface area contributed by atoms with E-state index in [9.17, 15) is 29.4 Å². The minimum absolute atomic E-state index is 0. The van der Waals surface area contributed by atoms with Crippen LogP contribution >= 0.6 is 25.8 Å². The minimum atomic E-state index is -2.88. The van der Waals surface area contributed by atoms with Crippen LogP contribution in [-0.4, -0.2) is 0 Å². The van der Waals surface area contributed by atoms with Gasteiger partial charge in [0.05, 0.1) is 0 Å². The molecule has 0 saturated carbocycles. The van der Waals surface area contributed by atoms with Crippen LogP contribution in [0, 0.1) is 0 Å². The molecule has 0 bridgehead atoms. The molecule has 0 aliphatic carbocycles. The van der Waals surface area contributed by atoms with Gasteiger partial charge < -0.3 is 42.9 Å². The normalized spacial score (nSPS) is 12.5. The van der Waals surface area contributed by atoms with Crippen LogP contribution < -0.4 is 42.9 Å². The Kier molecular flexibility index (Phi) is 22.8. The van der Waals surface area contributed by atoms with Crippen molar-refractivity contribution >= 4 is 25.8 Å². The Labute approximate surface area is 367 Å². The molecule has 0 aromatic heterocycles. The van der Waals surface area contributed by atoms with Crippen molar-refractivity contribution in [2.24, 2.45) is 0 Å². The van der Waals surface area contributed by atoms with E-state index in [1.165, 1.54) is 16.7 Å². The molecule has 0 aliphatic heterocycles. The molecule has 14 heteroatoms. The van der Waals surface area contributed by atoms with E-state index in [0.717, 1.165) is 16.7 Å². The Hall–Kier alpha value is -0.643. The van der Waals surface area contributed by atoms with Crippen molar-refractivity contribution in [3.05, 3.63) is 88.0 Å². The fraction of sp³-hybridized carbons (Fsp3) is 0.571. The molecule has 316 valence electrons. The van der Waals surface area contributed by atoms with Gasteiger partial charge in [0, 0.05) is 0 Å². The van der Waals surface area contributed by atoms with E-state index in [0.29, 0.717) is 17.2 Å². The Balaban J connectivity index is 0. The molecule has 9 nitrogen and oxygen atoms in total.